The first-order valence-electron chi connectivity index (χ1n) is 12.9. The van der Waals surface area contributed by atoms with E-state index < -0.39 is 29.3 Å². The molecule has 0 saturated heterocycles. The van der Waals surface area contributed by atoms with Crippen LogP contribution in [-0.4, -0.2) is 26.2 Å². The van der Waals surface area contributed by atoms with Crippen LogP contribution < -0.4 is 5.73 Å². The molecule has 2 aromatic heterocycles. The lowest BCUT2D eigenvalue weighted by Crippen LogP contribution is -2.17. The van der Waals surface area contributed by atoms with Crippen molar-refractivity contribution in [2.45, 2.75) is 25.3 Å². The Morgan fingerprint density at radius 1 is 0.829 bits per heavy atom. The van der Waals surface area contributed by atoms with Crippen molar-refractivity contribution in [2.75, 3.05) is 0 Å². The van der Waals surface area contributed by atoms with Crippen LogP contribution in [0.25, 0.3) is 22.5 Å². The Morgan fingerprint density at radius 3 is 2.32 bits per heavy atom. The molecule has 0 bridgehead atoms. The summed E-state index contributed by atoms with van der Waals surface area (Å²) >= 11 is 0. The average Bonchev–Trinajstić information content (AvgIpc) is 3.40. The predicted molar refractivity (Wildman–Crippen MR) is 148 cm³/mol. The van der Waals surface area contributed by atoms with Crippen molar-refractivity contribution in [3.05, 3.63) is 132 Å². The summed E-state index contributed by atoms with van der Waals surface area (Å²) in [5, 5.41) is 0. The van der Waals surface area contributed by atoms with Crippen LogP contribution in [0.2, 0.25) is 0 Å². The van der Waals surface area contributed by atoms with E-state index >= 15 is 0 Å². The summed E-state index contributed by atoms with van der Waals surface area (Å²) in [6, 6.07) is 20.0. The lowest BCUT2D eigenvalue weighted by atomic mass is 9.86. The van der Waals surface area contributed by atoms with Crippen LogP contribution in [0.3, 0.4) is 0 Å². The van der Waals surface area contributed by atoms with Gasteiger partial charge >= 0.3 is 0 Å². The molecule has 1 amide bonds. The van der Waals surface area contributed by atoms with E-state index in [4.69, 9.17) is 5.73 Å². The molecule has 0 aliphatic heterocycles. The lowest BCUT2D eigenvalue weighted by molar-refractivity contribution is -0.120. The second-order valence-electron chi connectivity index (χ2n) is 9.66. The van der Waals surface area contributed by atoms with E-state index in [-0.39, 0.29) is 30.7 Å². The fourth-order valence-corrected chi connectivity index (χ4v) is 4.96. The monoisotopic (exact) mass is 554 g/mol. The van der Waals surface area contributed by atoms with Crippen LogP contribution in [0.5, 0.6) is 0 Å². The number of carbonyl (C=O) groups excluding carboxylic acids is 2. The van der Waals surface area contributed by atoms with Crippen molar-refractivity contribution in [3.63, 3.8) is 0 Å². The zero-order valence-corrected chi connectivity index (χ0v) is 21.8. The summed E-state index contributed by atoms with van der Waals surface area (Å²) in [7, 11) is 0. The Morgan fingerprint density at radius 2 is 1.59 bits per heavy atom. The van der Waals surface area contributed by atoms with Crippen molar-refractivity contribution < 1.29 is 22.8 Å². The highest BCUT2D eigenvalue weighted by Crippen LogP contribution is 2.33. The summed E-state index contributed by atoms with van der Waals surface area (Å²) in [4.78, 5) is 34.2. The molecule has 41 heavy (non-hydrogen) atoms. The number of nitrogens with zero attached hydrogens (tertiary/aromatic N) is 3. The second kappa shape index (κ2) is 12.0. The number of imidazole rings is 1. The Labute approximate surface area is 234 Å². The van der Waals surface area contributed by atoms with Gasteiger partial charge in [-0.15, -0.1) is 0 Å². The number of ketones is 1. The normalized spacial score (nSPS) is 11.8. The van der Waals surface area contributed by atoms with E-state index in [9.17, 15) is 22.8 Å². The second-order valence-corrected chi connectivity index (χ2v) is 9.66. The number of halogens is 3. The third-order valence-corrected chi connectivity index (χ3v) is 6.74. The van der Waals surface area contributed by atoms with Gasteiger partial charge in [0.2, 0.25) is 0 Å². The van der Waals surface area contributed by atoms with Gasteiger partial charge in [-0.05, 0) is 47.9 Å². The Balaban J connectivity index is 1.51. The van der Waals surface area contributed by atoms with Crippen LogP contribution in [0, 0.1) is 17.5 Å². The van der Waals surface area contributed by atoms with E-state index in [0.29, 0.717) is 28.2 Å². The number of nitrogens with two attached hydrogens (primary N) is 1. The van der Waals surface area contributed by atoms with Gasteiger partial charge in [-0.2, -0.15) is 0 Å². The molecule has 6 nitrogen and oxygen atoms in total. The van der Waals surface area contributed by atoms with Crippen LogP contribution in [0.4, 0.5) is 13.2 Å². The molecule has 0 aliphatic rings. The highest BCUT2D eigenvalue weighted by atomic mass is 19.1. The highest BCUT2D eigenvalue weighted by molar-refractivity contribution is 5.94. The standard InChI is InChI=1S/C32H25F3N4O2/c33-24-14-20(15-25(34)18-24)13-23(16-26(40)19-39-12-11-38-32(39)21-5-2-1-3-6-21)30-27(7-4-10-37-30)22-8-9-29(35)28(17-22)31(36)41/h1-12,14-15,17-18,23H,13,16,19H2,(H2,36,41)/t23-/m1/s1. The van der Waals surface area contributed by atoms with Crippen LogP contribution in [0.1, 0.15) is 34.0 Å². The van der Waals surface area contributed by atoms with E-state index in [1.807, 2.05) is 30.3 Å². The Kier molecular flexibility index (Phi) is 8.05. The summed E-state index contributed by atoms with van der Waals surface area (Å²) in [6.07, 6.45) is 4.96. The quantitative estimate of drug-likeness (QED) is 0.225. The maximum atomic E-state index is 14.2. The van der Waals surface area contributed by atoms with Crippen LogP contribution >= 0.6 is 0 Å². The smallest absolute Gasteiger partial charge is 0.251 e. The molecule has 0 unspecified atom stereocenters. The minimum Gasteiger partial charge on any atom is -0.366 e. The van der Waals surface area contributed by atoms with Gasteiger partial charge in [-0.3, -0.25) is 14.6 Å². The molecule has 2 N–H and O–H groups in total. The van der Waals surface area contributed by atoms with Gasteiger partial charge in [0.25, 0.3) is 5.91 Å². The fourth-order valence-electron chi connectivity index (χ4n) is 4.96. The first-order chi connectivity index (χ1) is 19.8. The molecule has 0 aliphatic carbocycles. The SMILES string of the molecule is NC(=O)c1cc(-c2cccnc2[C@@H](CC(=O)Cn2ccnc2-c2ccccc2)Cc2cc(F)cc(F)c2)ccc1F. The number of rotatable bonds is 10. The number of pyridine rings is 1. The van der Waals surface area contributed by atoms with Gasteiger partial charge in [-0.1, -0.05) is 42.5 Å². The number of benzene rings is 3. The van der Waals surface area contributed by atoms with E-state index in [0.717, 1.165) is 17.7 Å². The number of primary amides is 1. The molecule has 3 aromatic carbocycles. The maximum absolute atomic E-state index is 14.2. The van der Waals surface area contributed by atoms with Crippen LogP contribution in [-0.2, 0) is 17.8 Å². The maximum Gasteiger partial charge on any atom is 0.251 e. The minimum absolute atomic E-state index is 0.0154. The topological polar surface area (TPSA) is 90.9 Å². The number of Topliss-reactive ketones (excluding diaryl/α,β-unsaturated/α-hetero) is 1. The fraction of sp³-hybridized carbons (Fsp3) is 0.125. The largest absolute Gasteiger partial charge is 0.366 e. The molecule has 0 radical (unpaired) electrons. The average molecular weight is 555 g/mol. The number of aromatic nitrogens is 3. The molecule has 0 spiro atoms. The van der Waals surface area contributed by atoms with E-state index in [1.165, 1.54) is 24.3 Å². The van der Waals surface area contributed by atoms with Gasteiger partial charge in [0.05, 0.1) is 17.8 Å². The third-order valence-electron chi connectivity index (χ3n) is 6.74. The summed E-state index contributed by atoms with van der Waals surface area (Å²) in [5.41, 5.74) is 7.74. The van der Waals surface area contributed by atoms with Crippen molar-refractivity contribution in [1.82, 2.24) is 14.5 Å². The Hall–Kier alpha value is -5.05. The van der Waals surface area contributed by atoms with E-state index in [1.54, 1.807) is 35.3 Å². The van der Waals surface area contributed by atoms with Gasteiger partial charge in [-0.25, -0.2) is 18.2 Å². The number of hydrogen-bond acceptors (Lipinski definition) is 4. The third kappa shape index (κ3) is 6.41. The summed E-state index contributed by atoms with van der Waals surface area (Å²) in [5.74, 6) is -3.29. The molecule has 1 atom stereocenters. The molecule has 2 heterocycles. The summed E-state index contributed by atoms with van der Waals surface area (Å²) in [6.45, 7) is 0.0166. The summed E-state index contributed by atoms with van der Waals surface area (Å²) < 4.78 is 44.2. The molecule has 206 valence electrons. The minimum atomic E-state index is -0.925. The number of hydrogen-bond donors (Lipinski definition) is 1. The van der Waals surface area contributed by atoms with Crippen molar-refractivity contribution in [1.29, 1.82) is 0 Å². The first kappa shape index (κ1) is 27.5. The zero-order chi connectivity index (χ0) is 28.9. The van der Waals surface area contributed by atoms with E-state index in [2.05, 4.69) is 9.97 Å². The zero-order valence-electron chi connectivity index (χ0n) is 21.8. The molecule has 9 heteroatoms. The van der Waals surface area contributed by atoms with Crippen molar-refractivity contribution in [3.8, 4) is 22.5 Å². The molecule has 5 rings (SSSR count). The van der Waals surface area contributed by atoms with Gasteiger partial charge < -0.3 is 10.3 Å². The number of carbonyl (C=O) groups is 2. The first-order valence-corrected chi connectivity index (χ1v) is 12.9. The highest BCUT2D eigenvalue weighted by Gasteiger charge is 2.24. The van der Waals surface area contributed by atoms with Crippen LogP contribution in [0.15, 0.2) is 97.5 Å². The molecule has 5 aromatic rings. The lowest BCUT2D eigenvalue weighted by Gasteiger charge is -2.20. The van der Waals surface area contributed by atoms with Crippen molar-refractivity contribution in [2.24, 2.45) is 5.73 Å². The molecule has 0 fully saturated rings. The molecule has 0 saturated carbocycles. The van der Waals surface area contributed by atoms with Crippen molar-refractivity contribution >= 4 is 11.7 Å². The molecular weight excluding hydrogens is 529 g/mol. The van der Waals surface area contributed by atoms with Gasteiger partial charge in [0, 0.05) is 48.1 Å². The predicted octanol–water partition coefficient (Wildman–Crippen LogP) is 6.11. The Bertz CT molecular complexity index is 1700. The molecular formula is C32H25F3N4O2. The van der Waals surface area contributed by atoms with Gasteiger partial charge in [0.1, 0.15) is 23.3 Å². The number of amides is 1. The van der Waals surface area contributed by atoms with Gasteiger partial charge in [0.15, 0.2) is 5.78 Å².